The molecule has 0 spiro atoms. The number of amides is 1. The topological polar surface area (TPSA) is 67.8 Å². The van der Waals surface area contributed by atoms with Gasteiger partial charge in [0, 0.05) is 16.5 Å². The van der Waals surface area contributed by atoms with Gasteiger partial charge >= 0.3 is 5.97 Å². The van der Waals surface area contributed by atoms with Crippen molar-refractivity contribution < 1.29 is 14.3 Å². The first-order valence-electron chi connectivity index (χ1n) is 10.9. The molecule has 2 aromatic carbocycles. The Morgan fingerprint density at radius 1 is 1.06 bits per heavy atom. The van der Waals surface area contributed by atoms with Gasteiger partial charge in [0.25, 0.3) is 0 Å². The van der Waals surface area contributed by atoms with Crippen LogP contribution in [0.25, 0.3) is 10.1 Å². The van der Waals surface area contributed by atoms with E-state index in [-0.39, 0.29) is 5.91 Å². The van der Waals surface area contributed by atoms with Crippen molar-refractivity contribution >= 4 is 51.1 Å². The lowest BCUT2D eigenvalue weighted by atomic mass is 10.1. The molecular weight excluding hydrogens is 444 g/mol. The van der Waals surface area contributed by atoms with Gasteiger partial charge in [-0.2, -0.15) is 5.10 Å². The predicted molar refractivity (Wildman–Crippen MR) is 132 cm³/mol. The van der Waals surface area contributed by atoms with E-state index in [2.05, 4.69) is 17.5 Å². The summed E-state index contributed by atoms with van der Waals surface area (Å²) in [5, 5.41) is 5.25. The average Bonchev–Trinajstić information content (AvgIpc) is 3.13. The highest BCUT2D eigenvalue weighted by Crippen LogP contribution is 2.35. The fourth-order valence-electron chi connectivity index (χ4n) is 3.26. The first kappa shape index (κ1) is 24.0. The van der Waals surface area contributed by atoms with Crippen molar-refractivity contribution in [3.63, 3.8) is 0 Å². The molecule has 0 aliphatic heterocycles. The lowest BCUT2D eigenvalue weighted by Crippen LogP contribution is -2.16. The predicted octanol–water partition coefficient (Wildman–Crippen LogP) is 6.97. The van der Waals surface area contributed by atoms with E-state index in [0.717, 1.165) is 22.9 Å². The van der Waals surface area contributed by atoms with E-state index in [4.69, 9.17) is 16.3 Å². The van der Waals surface area contributed by atoms with Crippen molar-refractivity contribution in [3.8, 4) is 5.75 Å². The molecule has 0 aliphatic carbocycles. The van der Waals surface area contributed by atoms with Gasteiger partial charge in [-0.25, -0.2) is 10.2 Å². The number of hydrazone groups is 1. The molecule has 0 unspecified atom stereocenters. The minimum atomic E-state index is -0.502. The number of benzene rings is 2. The third-order valence-corrected chi connectivity index (χ3v) is 6.60. The van der Waals surface area contributed by atoms with Crippen LogP contribution in [0.1, 0.15) is 67.1 Å². The Labute approximate surface area is 197 Å². The summed E-state index contributed by atoms with van der Waals surface area (Å²) < 4.78 is 6.44. The van der Waals surface area contributed by atoms with Gasteiger partial charge in [0.15, 0.2) is 0 Å². The van der Waals surface area contributed by atoms with E-state index in [1.807, 2.05) is 30.3 Å². The third-order valence-electron chi connectivity index (χ3n) is 4.95. The quantitative estimate of drug-likeness (QED) is 0.108. The Hall–Kier alpha value is -2.70. The number of esters is 1. The number of hydrogen-bond donors (Lipinski definition) is 1. The molecule has 1 heterocycles. The van der Waals surface area contributed by atoms with Crippen LogP contribution in [0.4, 0.5) is 0 Å². The van der Waals surface area contributed by atoms with E-state index in [1.165, 1.54) is 43.2 Å². The van der Waals surface area contributed by atoms with Crippen molar-refractivity contribution in [3.05, 3.63) is 64.0 Å². The molecule has 1 amide bonds. The third kappa shape index (κ3) is 6.90. The summed E-state index contributed by atoms with van der Waals surface area (Å²) in [5.74, 6) is -0.220. The Bertz CT molecular complexity index is 1090. The Balaban J connectivity index is 1.51. The Morgan fingerprint density at radius 3 is 2.66 bits per heavy atom. The van der Waals surface area contributed by atoms with Crippen molar-refractivity contribution in [1.82, 2.24) is 5.43 Å². The summed E-state index contributed by atoms with van der Waals surface area (Å²) in [6.07, 6.45) is 8.80. The first-order chi connectivity index (χ1) is 15.6. The summed E-state index contributed by atoms with van der Waals surface area (Å²) in [7, 11) is 0. The van der Waals surface area contributed by atoms with Gasteiger partial charge < -0.3 is 4.74 Å². The molecular formula is C25H27ClN2O3S. The van der Waals surface area contributed by atoms with Crippen LogP contribution in [-0.4, -0.2) is 18.1 Å². The number of carbonyl (C=O) groups is 2. The van der Waals surface area contributed by atoms with Gasteiger partial charge in [-0.15, -0.1) is 11.3 Å². The summed E-state index contributed by atoms with van der Waals surface area (Å²) in [5.41, 5.74) is 3.25. The second-order valence-corrected chi connectivity index (χ2v) is 8.94. The maximum Gasteiger partial charge on any atom is 0.355 e. The molecule has 3 rings (SSSR count). The van der Waals surface area contributed by atoms with Crippen LogP contribution >= 0.6 is 22.9 Å². The van der Waals surface area contributed by atoms with Crippen LogP contribution in [-0.2, 0) is 4.79 Å². The molecule has 0 aliphatic rings. The number of hydrogen-bond acceptors (Lipinski definition) is 5. The number of nitrogens with zero attached hydrogens (tertiary/aromatic N) is 1. The van der Waals surface area contributed by atoms with E-state index in [9.17, 15) is 9.59 Å². The minimum absolute atomic E-state index is 0.0984. The molecule has 0 atom stereocenters. The van der Waals surface area contributed by atoms with E-state index in [0.29, 0.717) is 27.6 Å². The summed E-state index contributed by atoms with van der Waals surface area (Å²) in [6, 6.07) is 14.5. The molecule has 0 saturated heterocycles. The van der Waals surface area contributed by atoms with Gasteiger partial charge in [-0.05, 0) is 30.2 Å². The zero-order chi connectivity index (χ0) is 22.8. The van der Waals surface area contributed by atoms with Gasteiger partial charge in [-0.1, -0.05) is 81.0 Å². The number of carbonyl (C=O) groups excluding carboxylic acids is 2. The van der Waals surface area contributed by atoms with Crippen LogP contribution < -0.4 is 10.2 Å². The molecule has 0 radical (unpaired) electrons. The van der Waals surface area contributed by atoms with Crippen LogP contribution in [0, 0.1) is 0 Å². The number of fused-ring (bicyclic) bond motifs is 1. The second-order valence-electron chi connectivity index (χ2n) is 7.51. The molecule has 1 aromatic heterocycles. The molecule has 0 bridgehead atoms. The molecule has 32 heavy (non-hydrogen) atoms. The maximum absolute atomic E-state index is 12.6. The number of nitrogens with one attached hydrogen (secondary N) is 1. The highest BCUT2D eigenvalue weighted by atomic mass is 35.5. The van der Waals surface area contributed by atoms with Crippen molar-refractivity contribution in [2.45, 2.75) is 51.9 Å². The van der Waals surface area contributed by atoms with E-state index >= 15 is 0 Å². The summed E-state index contributed by atoms with van der Waals surface area (Å²) in [6.45, 7) is 2.19. The van der Waals surface area contributed by atoms with Crippen molar-refractivity contribution in [1.29, 1.82) is 0 Å². The van der Waals surface area contributed by atoms with Crippen LogP contribution in [0.2, 0.25) is 5.02 Å². The SMILES string of the molecule is CCCCCCCCC(=O)NN=Cc1cccc(OC(=O)c2sc3ccccc3c2Cl)c1. The van der Waals surface area contributed by atoms with E-state index < -0.39 is 5.97 Å². The second kappa shape index (κ2) is 12.4. The zero-order valence-electron chi connectivity index (χ0n) is 18.1. The molecule has 0 saturated carbocycles. The highest BCUT2D eigenvalue weighted by Gasteiger charge is 2.19. The molecule has 5 nitrogen and oxygen atoms in total. The van der Waals surface area contributed by atoms with E-state index in [1.54, 1.807) is 18.2 Å². The minimum Gasteiger partial charge on any atom is -0.422 e. The van der Waals surface area contributed by atoms with Crippen LogP contribution in [0.5, 0.6) is 5.75 Å². The number of ether oxygens (including phenoxy) is 1. The largest absolute Gasteiger partial charge is 0.422 e. The first-order valence-corrected chi connectivity index (χ1v) is 12.1. The number of thiophene rings is 1. The van der Waals surface area contributed by atoms with Gasteiger partial charge in [0.2, 0.25) is 5.91 Å². The molecule has 168 valence electrons. The molecule has 3 aromatic rings. The lowest BCUT2D eigenvalue weighted by Gasteiger charge is -2.04. The fourth-order valence-corrected chi connectivity index (χ4v) is 4.64. The number of halogens is 1. The van der Waals surface area contributed by atoms with Gasteiger partial charge in [-0.3, -0.25) is 4.79 Å². The fraction of sp³-hybridized carbons (Fsp3) is 0.320. The van der Waals surface area contributed by atoms with Crippen LogP contribution in [0.15, 0.2) is 53.6 Å². The smallest absolute Gasteiger partial charge is 0.355 e. The summed E-state index contributed by atoms with van der Waals surface area (Å²) >= 11 is 7.67. The molecule has 1 N–H and O–H groups in total. The normalized spacial score (nSPS) is 11.2. The molecule has 7 heteroatoms. The standard InChI is InChI=1S/C25H27ClN2O3S/c1-2-3-4-5-6-7-15-22(29)28-27-17-18-11-10-12-19(16-18)31-25(30)24-23(26)20-13-8-9-14-21(20)32-24/h8-14,16-17H,2-7,15H2,1H3,(H,28,29). The lowest BCUT2D eigenvalue weighted by molar-refractivity contribution is -0.121. The number of unbranched alkanes of at least 4 members (excludes halogenated alkanes) is 5. The van der Waals surface area contributed by atoms with Gasteiger partial charge in [0.1, 0.15) is 10.6 Å². The highest BCUT2D eigenvalue weighted by molar-refractivity contribution is 7.21. The Kier molecular flexibility index (Phi) is 9.26. The molecule has 0 fully saturated rings. The van der Waals surface area contributed by atoms with Crippen molar-refractivity contribution in [2.24, 2.45) is 5.10 Å². The zero-order valence-corrected chi connectivity index (χ0v) is 19.7. The monoisotopic (exact) mass is 470 g/mol. The maximum atomic E-state index is 12.6. The number of rotatable bonds is 11. The average molecular weight is 471 g/mol. The van der Waals surface area contributed by atoms with Gasteiger partial charge in [0.05, 0.1) is 11.2 Å². The van der Waals surface area contributed by atoms with Crippen LogP contribution in [0.3, 0.4) is 0 Å². The Morgan fingerprint density at radius 2 is 1.84 bits per heavy atom. The van der Waals surface area contributed by atoms with Crippen molar-refractivity contribution in [2.75, 3.05) is 0 Å². The summed E-state index contributed by atoms with van der Waals surface area (Å²) in [4.78, 5) is 24.9.